The first kappa shape index (κ1) is 47.0. The third kappa shape index (κ3) is 8.20. The molecule has 0 aromatic heterocycles. The maximum Gasteiger partial charge on any atom is 0.0540 e. The van der Waals surface area contributed by atoms with Gasteiger partial charge < -0.3 is 9.80 Å². The fourth-order valence-electron chi connectivity index (χ4n) is 12.7. The summed E-state index contributed by atoms with van der Waals surface area (Å²) in [4.78, 5) is 5.03. The largest absolute Gasteiger partial charge is 0.310 e. The molecule has 0 aliphatic heterocycles. The van der Waals surface area contributed by atoms with E-state index in [1.165, 1.54) is 104 Å². The Labute approximate surface area is 467 Å². The molecule has 0 radical (unpaired) electrons. The summed E-state index contributed by atoms with van der Waals surface area (Å²) in [6.07, 6.45) is 6.60. The molecule has 15 rings (SSSR count). The summed E-state index contributed by atoms with van der Waals surface area (Å²) < 4.78 is 0. The van der Waals surface area contributed by atoms with E-state index in [0.717, 1.165) is 52.4 Å². The van der Waals surface area contributed by atoms with Crippen molar-refractivity contribution in [1.29, 1.82) is 0 Å². The highest BCUT2D eigenvalue weighted by Gasteiger charge is 2.26. The summed E-state index contributed by atoms with van der Waals surface area (Å²) >= 11 is 0. The highest BCUT2D eigenvalue weighted by atomic mass is 15.2. The molecule has 0 saturated heterocycles. The summed E-state index contributed by atoms with van der Waals surface area (Å²) in [5.74, 6) is 0. The summed E-state index contributed by atoms with van der Waals surface area (Å²) in [5.41, 5.74) is 18.9. The SMILES string of the molecule is C1=Cc2cccc(N(c3ccc4c(-c5ccc(-c6ccccc6)cc5)c5cc(N(c6cccc7ccccc67)c6cccc7ccccc67)ccc5c(-c5ccc(-c6ccccc6)cc5)c4c3)c3cccc4ccccc34)c2CC1. The first-order valence-corrected chi connectivity index (χ1v) is 27.9. The molecular weight excluding hydrogens is 965 g/mol. The van der Waals surface area contributed by atoms with Gasteiger partial charge in [-0.25, -0.2) is 0 Å². The standard InChI is InChI=1S/C78H54N2/c1-3-19-53(20-4-1)55-39-43-61(44-40-55)77-69-49-47-64(80(75-37-17-29-59-25-9-13-33-67(59)75)76-38-18-30-60-26-10-14-34-68(60)76)52-72(69)78(62-45-41-56(42-46-62)54-21-5-2-6-22-54)70-50-48-63(51-71(70)77)79(73-35-15-27-57-23-7-11-31-65(57)73)74-36-16-28-58-24-8-12-32-66(58)74/h1-13,15-33,35-52H,14,34H2. The van der Waals surface area contributed by atoms with Crippen molar-refractivity contribution in [3.05, 3.63) is 308 Å². The zero-order chi connectivity index (χ0) is 52.9. The van der Waals surface area contributed by atoms with Crippen LogP contribution in [0.15, 0.2) is 297 Å². The Hall–Kier alpha value is -10.3. The molecule has 0 saturated carbocycles. The Morgan fingerprint density at radius 1 is 0.250 bits per heavy atom. The van der Waals surface area contributed by atoms with Crippen molar-refractivity contribution in [1.82, 2.24) is 0 Å². The predicted octanol–water partition coefficient (Wildman–Crippen LogP) is 22.0. The van der Waals surface area contributed by atoms with E-state index >= 15 is 0 Å². The minimum absolute atomic E-state index is 0.973. The van der Waals surface area contributed by atoms with Crippen LogP contribution in [0.2, 0.25) is 0 Å². The third-order valence-corrected chi connectivity index (χ3v) is 16.5. The van der Waals surface area contributed by atoms with Crippen molar-refractivity contribution < 1.29 is 0 Å². The van der Waals surface area contributed by atoms with E-state index in [4.69, 9.17) is 0 Å². The fraction of sp³-hybridized carbons (Fsp3) is 0.0256. The second-order valence-corrected chi connectivity index (χ2v) is 21.0. The number of nitrogens with zero attached hydrogens (tertiary/aromatic N) is 2. The quantitative estimate of drug-likeness (QED) is 0.126. The van der Waals surface area contributed by atoms with Crippen LogP contribution in [-0.4, -0.2) is 0 Å². The van der Waals surface area contributed by atoms with Gasteiger partial charge in [-0.2, -0.15) is 0 Å². The zero-order valence-electron chi connectivity index (χ0n) is 44.2. The lowest BCUT2D eigenvalue weighted by atomic mass is 9.84. The van der Waals surface area contributed by atoms with Gasteiger partial charge in [-0.3, -0.25) is 0 Å². The summed E-state index contributed by atoms with van der Waals surface area (Å²) in [6, 6.07) is 108. The van der Waals surface area contributed by atoms with Gasteiger partial charge in [0.15, 0.2) is 0 Å². The maximum absolute atomic E-state index is 2.54. The Bertz CT molecular complexity index is 4600. The van der Waals surface area contributed by atoms with E-state index in [1.807, 2.05) is 0 Å². The summed E-state index contributed by atoms with van der Waals surface area (Å²) in [5, 5.41) is 11.9. The number of allylic oxidation sites excluding steroid dienone is 1. The molecule has 0 fully saturated rings. The molecule has 0 N–H and O–H groups in total. The van der Waals surface area contributed by atoms with Crippen molar-refractivity contribution >= 4 is 94.1 Å². The second-order valence-electron chi connectivity index (χ2n) is 21.0. The van der Waals surface area contributed by atoms with Crippen LogP contribution in [0.25, 0.3) is 104 Å². The van der Waals surface area contributed by atoms with Crippen LogP contribution in [0.3, 0.4) is 0 Å². The van der Waals surface area contributed by atoms with E-state index in [9.17, 15) is 0 Å². The molecule has 0 unspecified atom stereocenters. The van der Waals surface area contributed by atoms with E-state index in [0.29, 0.717) is 0 Å². The second kappa shape index (κ2) is 19.9. The zero-order valence-corrected chi connectivity index (χ0v) is 44.2. The van der Waals surface area contributed by atoms with Crippen molar-refractivity contribution in [2.24, 2.45) is 0 Å². The lowest BCUT2D eigenvalue weighted by molar-refractivity contribution is 0.980. The molecule has 14 aromatic carbocycles. The average Bonchev–Trinajstić information content (AvgIpc) is 3.54. The van der Waals surface area contributed by atoms with Crippen LogP contribution in [-0.2, 0) is 6.42 Å². The molecule has 0 heterocycles. The van der Waals surface area contributed by atoms with Gasteiger partial charge >= 0.3 is 0 Å². The monoisotopic (exact) mass is 1020 g/mol. The first-order chi connectivity index (χ1) is 39.7. The van der Waals surface area contributed by atoms with Gasteiger partial charge in [0.1, 0.15) is 0 Å². The Balaban J connectivity index is 1.05. The van der Waals surface area contributed by atoms with Crippen molar-refractivity contribution in [2.45, 2.75) is 12.8 Å². The van der Waals surface area contributed by atoms with Crippen LogP contribution in [0.1, 0.15) is 17.5 Å². The van der Waals surface area contributed by atoms with Crippen LogP contribution >= 0.6 is 0 Å². The van der Waals surface area contributed by atoms with Crippen LogP contribution in [0.4, 0.5) is 34.1 Å². The summed E-state index contributed by atoms with van der Waals surface area (Å²) in [7, 11) is 0. The van der Waals surface area contributed by atoms with E-state index in [1.54, 1.807) is 0 Å². The third-order valence-electron chi connectivity index (χ3n) is 16.5. The topological polar surface area (TPSA) is 6.48 Å². The number of hydrogen-bond acceptors (Lipinski definition) is 2. The van der Waals surface area contributed by atoms with Gasteiger partial charge in [0.2, 0.25) is 0 Å². The Kier molecular flexibility index (Phi) is 11.7. The number of benzene rings is 14. The maximum atomic E-state index is 2.54. The van der Waals surface area contributed by atoms with Crippen LogP contribution in [0.5, 0.6) is 0 Å². The van der Waals surface area contributed by atoms with E-state index in [2.05, 4.69) is 313 Å². The number of rotatable bonds is 10. The number of anilines is 6. The molecule has 0 amide bonds. The van der Waals surface area contributed by atoms with E-state index < -0.39 is 0 Å². The molecular formula is C78H54N2. The van der Waals surface area contributed by atoms with Gasteiger partial charge in [-0.1, -0.05) is 255 Å². The van der Waals surface area contributed by atoms with Gasteiger partial charge in [0.25, 0.3) is 0 Å². The smallest absolute Gasteiger partial charge is 0.0540 e. The Morgan fingerprint density at radius 3 is 1.07 bits per heavy atom. The molecule has 1 aliphatic carbocycles. The molecule has 0 bridgehead atoms. The molecule has 2 heteroatoms. The molecule has 14 aromatic rings. The van der Waals surface area contributed by atoms with Gasteiger partial charge in [0.05, 0.1) is 17.1 Å². The average molecular weight is 1020 g/mol. The highest BCUT2D eigenvalue weighted by Crippen LogP contribution is 2.51. The normalized spacial score (nSPS) is 12.1. The number of fused-ring (bicyclic) bond motifs is 6. The van der Waals surface area contributed by atoms with Crippen molar-refractivity contribution in [3.8, 4) is 44.5 Å². The summed E-state index contributed by atoms with van der Waals surface area (Å²) in [6.45, 7) is 0. The highest BCUT2D eigenvalue weighted by molar-refractivity contribution is 6.23. The molecule has 2 nitrogen and oxygen atoms in total. The van der Waals surface area contributed by atoms with Crippen molar-refractivity contribution in [2.75, 3.05) is 9.80 Å². The lowest BCUT2D eigenvalue weighted by Crippen LogP contribution is -2.14. The lowest BCUT2D eigenvalue weighted by Gasteiger charge is -2.31. The van der Waals surface area contributed by atoms with Crippen molar-refractivity contribution in [3.63, 3.8) is 0 Å². The predicted molar refractivity (Wildman–Crippen MR) is 342 cm³/mol. The first-order valence-electron chi connectivity index (χ1n) is 27.9. The molecule has 0 atom stereocenters. The van der Waals surface area contributed by atoms with E-state index in [-0.39, 0.29) is 0 Å². The van der Waals surface area contributed by atoms with Gasteiger partial charge in [-0.05, 0) is 155 Å². The van der Waals surface area contributed by atoms with Gasteiger partial charge in [0, 0.05) is 33.2 Å². The minimum atomic E-state index is 0.973. The number of hydrogen-bond donors (Lipinski definition) is 0. The molecule has 80 heavy (non-hydrogen) atoms. The molecule has 0 spiro atoms. The fourth-order valence-corrected chi connectivity index (χ4v) is 12.7. The van der Waals surface area contributed by atoms with Crippen LogP contribution in [0, 0.1) is 0 Å². The molecule has 376 valence electrons. The van der Waals surface area contributed by atoms with Gasteiger partial charge in [-0.15, -0.1) is 0 Å². The minimum Gasteiger partial charge on any atom is -0.310 e. The molecule has 1 aliphatic rings. The van der Waals surface area contributed by atoms with Crippen LogP contribution < -0.4 is 9.80 Å². The Morgan fingerprint density at radius 2 is 0.613 bits per heavy atom.